The van der Waals surface area contributed by atoms with Gasteiger partial charge < -0.3 is 5.11 Å². The first kappa shape index (κ1) is 20.0. The second-order valence-corrected chi connectivity index (χ2v) is 8.87. The van der Waals surface area contributed by atoms with E-state index in [2.05, 4.69) is 4.72 Å². The molecule has 0 bridgehead atoms. The third-order valence-electron chi connectivity index (χ3n) is 4.02. The number of hydrogen-bond acceptors (Lipinski definition) is 4. The highest BCUT2D eigenvalue weighted by Gasteiger charge is 2.19. The Hall–Kier alpha value is -2.77. The van der Waals surface area contributed by atoms with E-state index in [1.54, 1.807) is 42.1 Å². The zero-order valence-electron chi connectivity index (χ0n) is 14.9. The lowest BCUT2D eigenvalue weighted by molar-refractivity contribution is 0.0698. The van der Waals surface area contributed by atoms with Gasteiger partial charge in [-0.05, 0) is 42.3 Å². The molecule has 0 unspecified atom stereocenters. The van der Waals surface area contributed by atoms with Crippen molar-refractivity contribution < 1.29 is 18.3 Å². The molecule has 0 saturated carbocycles. The Morgan fingerprint density at radius 1 is 0.929 bits per heavy atom. The number of thioether (sulfide) groups is 1. The van der Waals surface area contributed by atoms with Crippen LogP contribution in [0.15, 0.2) is 88.7 Å². The highest BCUT2D eigenvalue weighted by molar-refractivity contribution is 7.99. The van der Waals surface area contributed by atoms with E-state index in [-0.39, 0.29) is 16.1 Å². The normalized spacial score (nSPS) is 11.1. The van der Waals surface area contributed by atoms with Gasteiger partial charge >= 0.3 is 5.97 Å². The largest absolute Gasteiger partial charge is 0.478 e. The van der Waals surface area contributed by atoms with E-state index in [4.69, 9.17) is 0 Å². The number of nitrogens with one attached hydrogen (secondary N) is 1. The Bertz CT molecular complexity index is 1050. The van der Waals surface area contributed by atoms with Crippen molar-refractivity contribution >= 4 is 33.4 Å². The van der Waals surface area contributed by atoms with Gasteiger partial charge in [0, 0.05) is 10.6 Å². The zero-order chi connectivity index (χ0) is 20.0. The summed E-state index contributed by atoms with van der Waals surface area (Å²) < 4.78 is 27.6. The Morgan fingerprint density at radius 2 is 1.57 bits per heavy atom. The van der Waals surface area contributed by atoms with Gasteiger partial charge in [0.25, 0.3) is 10.0 Å². The van der Waals surface area contributed by atoms with Crippen molar-refractivity contribution in [2.24, 2.45) is 0 Å². The first-order chi connectivity index (χ1) is 13.5. The van der Waals surface area contributed by atoms with E-state index in [0.717, 1.165) is 17.1 Å². The maximum Gasteiger partial charge on any atom is 0.337 e. The number of aromatic carboxylic acids is 1. The Balaban J connectivity index is 1.79. The molecule has 0 amide bonds. The van der Waals surface area contributed by atoms with E-state index in [1.165, 1.54) is 23.8 Å². The predicted octanol–water partition coefficient (Wildman–Crippen LogP) is 4.52. The molecule has 3 aromatic rings. The number of sulfonamides is 1. The highest BCUT2D eigenvalue weighted by atomic mass is 32.2. The topological polar surface area (TPSA) is 83.5 Å². The second kappa shape index (κ2) is 8.95. The summed E-state index contributed by atoms with van der Waals surface area (Å²) in [4.78, 5) is 12.4. The zero-order valence-corrected chi connectivity index (χ0v) is 16.5. The smallest absolute Gasteiger partial charge is 0.337 e. The summed E-state index contributed by atoms with van der Waals surface area (Å²) >= 11 is 1.54. The first-order valence-corrected chi connectivity index (χ1v) is 11.0. The SMILES string of the molecule is O=C(O)c1ccc(SCCc2ccccc2)cc1NS(=O)(=O)c1ccccc1. The lowest BCUT2D eigenvalue weighted by Gasteiger charge is -2.12. The number of hydrogen-bond donors (Lipinski definition) is 2. The molecule has 0 radical (unpaired) electrons. The van der Waals surface area contributed by atoms with Gasteiger partial charge in [0.1, 0.15) is 0 Å². The molecule has 3 rings (SSSR count). The fourth-order valence-corrected chi connectivity index (χ4v) is 4.65. The molecule has 0 saturated heterocycles. The van der Waals surface area contributed by atoms with Crippen molar-refractivity contribution in [3.05, 3.63) is 90.0 Å². The number of aryl methyl sites for hydroxylation is 1. The van der Waals surface area contributed by atoms with Crippen LogP contribution in [-0.2, 0) is 16.4 Å². The molecule has 0 aliphatic rings. The molecule has 0 aliphatic carbocycles. The number of rotatable bonds is 8. The summed E-state index contributed by atoms with van der Waals surface area (Å²) in [5.74, 6) is -0.395. The number of anilines is 1. The average Bonchev–Trinajstić information content (AvgIpc) is 2.69. The molecule has 0 atom stereocenters. The number of carboxylic acids is 1. The van der Waals surface area contributed by atoms with Gasteiger partial charge in [-0.3, -0.25) is 4.72 Å². The summed E-state index contributed by atoms with van der Waals surface area (Å²) in [7, 11) is -3.87. The van der Waals surface area contributed by atoms with E-state index in [0.29, 0.717) is 0 Å². The van der Waals surface area contributed by atoms with Crippen molar-refractivity contribution in [3.8, 4) is 0 Å². The molecule has 0 fully saturated rings. The van der Waals surface area contributed by atoms with Crippen LogP contribution in [0, 0.1) is 0 Å². The summed E-state index contributed by atoms with van der Waals surface area (Å²) in [6.07, 6.45) is 0.858. The van der Waals surface area contributed by atoms with Gasteiger partial charge in [-0.2, -0.15) is 0 Å². The molecular formula is C21H19NO4S2. The van der Waals surface area contributed by atoms with Crippen LogP contribution in [0.25, 0.3) is 0 Å². The molecule has 5 nitrogen and oxygen atoms in total. The molecule has 3 aromatic carbocycles. The maximum absolute atomic E-state index is 12.6. The summed E-state index contributed by atoms with van der Waals surface area (Å²) in [5.41, 5.74) is 1.18. The maximum atomic E-state index is 12.6. The molecule has 7 heteroatoms. The van der Waals surface area contributed by atoms with Gasteiger partial charge in [-0.25, -0.2) is 13.2 Å². The second-order valence-electron chi connectivity index (χ2n) is 6.02. The summed E-state index contributed by atoms with van der Waals surface area (Å²) in [5, 5.41) is 9.41. The molecule has 2 N–H and O–H groups in total. The van der Waals surface area contributed by atoms with Crippen molar-refractivity contribution in [1.29, 1.82) is 0 Å². The number of carbonyl (C=O) groups is 1. The fourth-order valence-electron chi connectivity index (χ4n) is 2.62. The fraction of sp³-hybridized carbons (Fsp3) is 0.0952. The van der Waals surface area contributed by atoms with Crippen LogP contribution in [0.1, 0.15) is 15.9 Å². The van der Waals surface area contributed by atoms with Gasteiger partial charge in [0.15, 0.2) is 0 Å². The molecule has 0 aliphatic heterocycles. The standard InChI is InChI=1S/C21H19NO4S2/c23-21(24)19-12-11-17(27-14-13-16-7-3-1-4-8-16)15-20(19)22-28(25,26)18-9-5-2-6-10-18/h1-12,15,22H,13-14H2,(H,23,24). The van der Waals surface area contributed by atoms with Crippen molar-refractivity contribution in [3.63, 3.8) is 0 Å². The van der Waals surface area contributed by atoms with Gasteiger partial charge in [0.2, 0.25) is 0 Å². The van der Waals surface area contributed by atoms with Crippen LogP contribution in [0.4, 0.5) is 5.69 Å². The summed E-state index contributed by atoms with van der Waals surface area (Å²) in [6, 6.07) is 22.6. The number of carboxylic acid groups (broad SMARTS) is 1. The molecule has 0 spiro atoms. The van der Waals surface area contributed by atoms with Crippen LogP contribution < -0.4 is 4.72 Å². The molecular weight excluding hydrogens is 394 g/mol. The van der Waals surface area contributed by atoms with Crippen molar-refractivity contribution in [2.75, 3.05) is 10.5 Å². The lowest BCUT2D eigenvalue weighted by atomic mass is 10.2. The average molecular weight is 414 g/mol. The minimum absolute atomic E-state index is 0.0565. The van der Waals surface area contributed by atoms with Gasteiger partial charge in [0.05, 0.1) is 16.1 Å². The Labute approximate surface area is 168 Å². The third-order valence-corrected chi connectivity index (χ3v) is 6.40. The molecule has 0 heterocycles. The van der Waals surface area contributed by atoms with Gasteiger partial charge in [-0.15, -0.1) is 11.8 Å². The minimum atomic E-state index is -3.87. The van der Waals surface area contributed by atoms with Crippen LogP contribution in [-0.4, -0.2) is 25.2 Å². The van der Waals surface area contributed by atoms with Crippen LogP contribution in [0.3, 0.4) is 0 Å². The minimum Gasteiger partial charge on any atom is -0.478 e. The summed E-state index contributed by atoms with van der Waals surface area (Å²) in [6.45, 7) is 0. The monoisotopic (exact) mass is 413 g/mol. The lowest BCUT2D eigenvalue weighted by Crippen LogP contribution is -2.15. The van der Waals surface area contributed by atoms with Gasteiger partial charge in [-0.1, -0.05) is 48.5 Å². The van der Waals surface area contributed by atoms with E-state index >= 15 is 0 Å². The van der Waals surface area contributed by atoms with E-state index in [9.17, 15) is 18.3 Å². The molecule has 0 aromatic heterocycles. The molecule has 144 valence electrons. The third kappa shape index (κ3) is 5.15. The quantitative estimate of drug-likeness (QED) is 0.531. The van der Waals surface area contributed by atoms with E-state index in [1.807, 2.05) is 30.3 Å². The first-order valence-electron chi connectivity index (χ1n) is 8.58. The van der Waals surface area contributed by atoms with Crippen LogP contribution in [0.2, 0.25) is 0 Å². The van der Waals surface area contributed by atoms with Crippen LogP contribution in [0.5, 0.6) is 0 Å². The van der Waals surface area contributed by atoms with Crippen molar-refractivity contribution in [1.82, 2.24) is 0 Å². The molecule has 28 heavy (non-hydrogen) atoms. The highest BCUT2D eigenvalue weighted by Crippen LogP contribution is 2.28. The van der Waals surface area contributed by atoms with Crippen LogP contribution >= 0.6 is 11.8 Å². The number of benzene rings is 3. The Morgan fingerprint density at radius 3 is 2.21 bits per heavy atom. The van der Waals surface area contributed by atoms with E-state index < -0.39 is 16.0 Å². The predicted molar refractivity (Wildman–Crippen MR) is 112 cm³/mol. The Kier molecular flexibility index (Phi) is 6.38. The van der Waals surface area contributed by atoms with Crippen molar-refractivity contribution in [2.45, 2.75) is 16.2 Å².